The summed E-state index contributed by atoms with van der Waals surface area (Å²) in [6.07, 6.45) is -2.33. The molecule has 0 unspecified atom stereocenters. The van der Waals surface area contributed by atoms with E-state index in [1.165, 1.54) is 0 Å². The maximum atomic E-state index is 8.33. The van der Waals surface area contributed by atoms with Crippen LogP contribution in [0.3, 0.4) is 0 Å². The molecule has 0 aliphatic rings. The van der Waals surface area contributed by atoms with Crippen molar-refractivity contribution in [3.63, 3.8) is 0 Å². The Kier molecular flexibility index (Phi) is 73.1. The Morgan fingerprint density at radius 2 is 1.29 bits per heavy atom. The van der Waals surface area contributed by atoms with Crippen LogP contribution in [-0.2, 0) is 0 Å². The molecule has 0 aliphatic carbocycles. The van der Waals surface area contributed by atoms with Gasteiger partial charge in [-0.3, -0.25) is 0 Å². The molecule has 0 aromatic rings. The van der Waals surface area contributed by atoms with Gasteiger partial charge in [-0.05, 0) is 6.16 Å². The predicted octanol–water partition coefficient (Wildman–Crippen LogP) is -3.49. The van der Waals surface area contributed by atoms with Crippen molar-refractivity contribution in [2.24, 2.45) is 0 Å². The van der Waals surface area contributed by atoms with E-state index in [4.69, 9.17) is 15.0 Å². The van der Waals surface area contributed by atoms with E-state index in [9.17, 15) is 0 Å². The summed E-state index contributed by atoms with van der Waals surface area (Å²) in [7, 11) is 0. The molecular formula is CH5AlNO4. The zero-order chi connectivity index (χ0) is 3.58. The average molecular weight is 122 g/mol. The zero-order valence-electron chi connectivity index (χ0n) is 3.51. The number of hydrogen-bond donors (Lipinski definition) is 1. The van der Waals surface area contributed by atoms with Gasteiger partial charge in [0, 0.05) is 0 Å². The third-order valence-electron chi connectivity index (χ3n) is 0. The van der Waals surface area contributed by atoms with Crippen LogP contribution in [0.4, 0.5) is 4.79 Å². The van der Waals surface area contributed by atoms with Crippen molar-refractivity contribution in [2.45, 2.75) is 0 Å². The minimum atomic E-state index is -2.33. The van der Waals surface area contributed by atoms with Crippen molar-refractivity contribution >= 4 is 23.5 Å². The first kappa shape index (κ1) is 29.7. The first-order valence-electron chi connectivity index (χ1n) is 0.612. The van der Waals surface area contributed by atoms with E-state index in [1.54, 1.807) is 0 Å². The molecule has 1 radical (unpaired) electrons. The van der Waals surface area contributed by atoms with Gasteiger partial charge in [0.25, 0.3) is 0 Å². The molecule has 0 aliphatic heterocycles. The van der Waals surface area contributed by atoms with E-state index in [-0.39, 0.29) is 29.0 Å². The minimum absolute atomic E-state index is 0. The Balaban J connectivity index is -0.0000000150. The second-order valence-corrected chi connectivity index (χ2v) is 0.250. The Bertz CT molecular complexity index is 34.7. The Hall–Kier alpha value is -0.278. The molecule has 0 fully saturated rings. The summed E-state index contributed by atoms with van der Waals surface area (Å²) in [5, 5.41) is 16.7. The van der Waals surface area contributed by atoms with Crippen LogP contribution in [0.15, 0.2) is 0 Å². The molecule has 0 heterocycles. The molecule has 6 heteroatoms. The van der Waals surface area contributed by atoms with E-state index in [2.05, 4.69) is 0 Å². The van der Waals surface area contributed by atoms with Crippen LogP contribution in [0.5, 0.6) is 0 Å². The molecule has 0 rings (SSSR count). The standard InChI is InChI=1S/CH2O3.Al.H3N.H2O/c2-1(3)4;;;/h(H2,2,3,4);;1H3;1H2/q;+2;;/p-2. The van der Waals surface area contributed by atoms with Gasteiger partial charge in [-0.15, -0.1) is 0 Å². The first-order valence-corrected chi connectivity index (χ1v) is 0.612. The summed E-state index contributed by atoms with van der Waals surface area (Å²) in [5.41, 5.74) is 0. The van der Waals surface area contributed by atoms with Crippen LogP contribution in [0.2, 0.25) is 0 Å². The molecule has 41 valence electrons. The largest absolute Gasteiger partial charge is 2.00 e. The normalized spacial score (nSPS) is 3.43. The SMILES string of the molecule is N.O.O=C([O-])[O-].[Al+2]. The predicted molar refractivity (Wildman–Crippen MR) is 19.8 cm³/mol. The van der Waals surface area contributed by atoms with Gasteiger partial charge in [0.2, 0.25) is 0 Å². The molecule has 0 spiro atoms. The fraction of sp³-hybridized carbons (Fsp3) is 0. The van der Waals surface area contributed by atoms with Gasteiger partial charge in [0.1, 0.15) is 0 Å². The van der Waals surface area contributed by atoms with Gasteiger partial charge in [-0.1, -0.05) is 0 Å². The Morgan fingerprint density at radius 1 is 1.29 bits per heavy atom. The monoisotopic (exact) mass is 122 g/mol. The van der Waals surface area contributed by atoms with Crippen LogP contribution in [0, 0.1) is 0 Å². The van der Waals surface area contributed by atoms with Crippen molar-refractivity contribution in [1.82, 2.24) is 6.15 Å². The number of carbonyl (C=O) groups excluding carboxylic acids is 1. The smallest absolute Gasteiger partial charge is 0.652 e. The fourth-order valence-corrected chi connectivity index (χ4v) is 0. The summed E-state index contributed by atoms with van der Waals surface area (Å²) < 4.78 is 0. The zero-order valence-corrected chi connectivity index (χ0v) is 4.66. The number of carboxylic acid groups (broad SMARTS) is 2. The maximum absolute atomic E-state index is 8.33. The first-order chi connectivity index (χ1) is 1.73. The molecule has 7 heavy (non-hydrogen) atoms. The summed E-state index contributed by atoms with van der Waals surface area (Å²) in [5.74, 6) is 0. The molecule has 0 bridgehead atoms. The summed E-state index contributed by atoms with van der Waals surface area (Å²) in [6.45, 7) is 0. The van der Waals surface area contributed by atoms with Crippen molar-refractivity contribution < 1.29 is 20.5 Å². The molecule has 5 nitrogen and oxygen atoms in total. The third kappa shape index (κ3) is 1030. The molecule has 0 saturated carbocycles. The van der Waals surface area contributed by atoms with Crippen LogP contribution >= 0.6 is 0 Å². The summed E-state index contributed by atoms with van der Waals surface area (Å²) in [4.78, 5) is 8.33. The summed E-state index contributed by atoms with van der Waals surface area (Å²) in [6, 6.07) is 0. The quantitative estimate of drug-likeness (QED) is 0.334. The van der Waals surface area contributed by atoms with Crippen LogP contribution in [-0.4, -0.2) is 29.0 Å². The van der Waals surface area contributed by atoms with Crippen molar-refractivity contribution in [3.05, 3.63) is 0 Å². The fourth-order valence-electron chi connectivity index (χ4n) is 0. The molecular weight excluding hydrogens is 117 g/mol. The Morgan fingerprint density at radius 3 is 1.29 bits per heavy atom. The van der Waals surface area contributed by atoms with Gasteiger partial charge in [-0.25, -0.2) is 0 Å². The average Bonchev–Trinajstić information content (AvgIpc) is 0.811. The third-order valence-corrected chi connectivity index (χ3v) is 0. The van der Waals surface area contributed by atoms with Crippen LogP contribution in [0.25, 0.3) is 0 Å². The van der Waals surface area contributed by atoms with Crippen LogP contribution < -0.4 is 16.4 Å². The summed E-state index contributed by atoms with van der Waals surface area (Å²) >= 11 is 0. The second-order valence-electron chi connectivity index (χ2n) is 0.250. The maximum Gasteiger partial charge on any atom is 2.00 e. The molecule has 0 aromatic heterocycles. The molecule has 0 aromatic carbocycles. The molecule has 0 atom stereocenters. The van der Waals surface area contributed by atoms with Crippen molar-refractivity contribution in [1.29, 1.82) is 0 Å². The second kappa shape index (κ2) is 17.2. The van der Waals surface area contributed by atoms with Gasteiger partial charge in [0.15, 0.2) is 0 Å². The molecule has 0 amide bonds. The van der Waals surface area contributed by atoms with Crippen molar-refractivity contribution in [2.75, 3.05) is 0 Å². The van der Waals surface area contributed by atoms with E-state index in [0.29, 0.717) is 0 Å². The topological polar surface area (TPSA) is 130 Å². The Labute approximate surface area is 51.0 Å². The molecule has 0 saturated heterocycles. The minimum Gasteiger partial charge on any atom is -0.652 e. The van der Waals surface area contributed by atoms with E-state index >= 15 is 0 Å². The number of rotatable bonds is 0. The van der Waals surface area contributed by atoms with Gasteiger partial charge in [0.05, 0.1) is 0 Å². The van der Waals surface area contributed by atoms with Gasteiger partial charge in [-0.2, -0.15) is 0 Å². The van der Waals surface area contributed by atoms with Crippen LogP contribution in [0.1, 0.15) is 0 Å². The van der Waals surface area contributed by atoms with E-state index in [0.717, 1.165) is 0 Å². The van der Waals surface area contributed by atoms with Gasteiger partial charge < -0.3 is 26.6 Å². The van der Waals surface area contributed by atoms with Gasteiger partial charge >= 0.3 is 17.4 Å². The number of carbonyl (C=O) groups is 1. The molecule has 5 N–H and O–H groups in total. The van der Waals surface area contributed by atoms with E-state index in [1.807, 2.05) is 0 Å². The van der Waals surface area contributed by atoms with E-state index < -0.39 is 6.16 Å². The van der Waals surface area contributed by atoms with Crippen molar-refractivity contribution in [3.8, 4) is 0 Å². The number of hydrogen-bond acceptors (Lipinski definition) is 4.